The van der Waals surface area contributed by atoms with Gasteiger partial charge in [-0.2, -0.15) is 0 Å². The SMILES string of the molecule is CCN(CC)CN1C(=O)[C@H]2[C@@H]3C=C[C@@H]([C@@H]2C1=O)[C@H]1[C@H]2C(=O)N(CN(CC)CC)C(=O)[C@@H]2[C@H]31. The van der Waals surface area contributed by atoms with E-state index in [4.69, 9.17) is 0 Å². The minimum absolute atomic E-state index is 0.000411. The van der Waals surface area contributed by atoms with Gasteiger partial charge in [0.15, 0.2) is 0 Å². The topological polar surface area (TPSA) is 81.2 Å². The van der Waals surface area contributed by atoms with Crippen LogP contribution in [0.5, 0.6) is 0 Å². The van der Waals surface area contributed by atoms with Crippen LogP contribution < -0.4 is 0 Å². The summed E-state index contributed by atoms with van der Waals surface area (Å²) >= 11 is 0. The van der Waals surface area contributed by atoms with Crippen LogP contribution in [0.4, 0.5) is 0 Å². The minimum atomic E-state index is -0.380. The zero-order chi connectivity index (χ0) is 22.9. The van der Waals surface area contributed by atoms with Crippen LogP contribution in [0.1, 0.15) is 27.7 Å². The van der Waals surface area contributed by atoms with Gasteiger partial charge in [-0.25, -0.2) is 0 Å². The van der Waals surface area contributed by atoms with Crippen molar-refractivity contribution < 1.29 is 19.2 Å². The van der Waals surface area contributed by atoms with Gasteiger partial charge < -0.3 is 0 Å². The Balaban J connectivity index is 1.41. The van der Waals surface area contributed by atoms with Crippen LogP contribution in [0.3, 0.4) is 0 Å². The number of carbonyl (C=O) groups is 4. The number of imide groups is 2. The first-order valence-electron chi connectivity index (χ1n) is 12.2. The molecule has 4 amide bonds. The summed E-state index contributed by atoms with van der Waals surface area (Å²) in [5.41, 5.74) is 0. The molecular formula is C24H34N4O4. The summed E-state index contributed by atoms with van der Waals surface area (Å²) in [5.74, 6) is -2.02. The third-order valence-corrected chi connectivity index (χ3v) is 9.00. The Labute approximate surface area is 189 Å². The monoisotopic (exact) mass is 442 g/mol. The summed E-state index contributed by atoms with van der Waals surface area (Å²) in [6.07, 6.45) is 4.14. The fourth-order valence-electron chi connectivity index (χ4n) is 7.25. The number of hydrogen-bond donors (Lipinski definition) is 0. The standard InChI is InChI=1S/C24H34N4O4/c1-5-25(6-2)11-27-21(29)17-13-9-10-14(18(17)22(27)30)16-15(13)19-20(16)24(32)28(23(19)31)12-26(7-3)8-4/h9-10,13-20H,5-8,11-12H2,1-4H3/t13-,14-,15-,16-,17+,18+,19-,20-/m1/s1. The van der Waals surface area contributed by atoms with Crippen LogP contribution in [-0.2, 0) is 19.2 Å². The van der Waals surface area contributed by atoms with Gasteiger partial charge in [0, 0.05) is 0 Å². The molecule has 32 heavy (non-hydrogen) atoms. The molecule has 0 spiro atoms. The van der Waals surface area contributed by atoms with Crippen LogP contribution in [-0.4, -0.2) is 82.7 Å². The zero-order valence-corrected chi connectivity index (χ0v) is 19.4. The molecule has 8 heteroatoms. The third kappa shape index (κ3) is 2.68. The molecule has 6 rings (SSSR count). The Morgan fingerprint density at radius 3 is 1.22 bits per heavy atom. The number of amides is 4. The van der Waals surface area contributed by atoms with E-state index in [2.05, 4.69) is 22.0 Å². The molecule has 174 valence electrons. The molecule has 0 aromatic rings. The summed E-state index contributed by atoms with van der Waals surface area (Å²) < 4.78 is 0. The molecule has 0 aromatic heterocycles. The molecule has 0 unspecified atom stereocenters. The van der Waals surface area contributed by atoms with Gasteiger partial charge in [0.25, 0.3) is 0 Å². The minimum Gasteiger partial charge on any atom is -0.286 e. The average molecular weight is 443 g/mol. The molecule has 6 aliphatic rings. The molecular weight excluding hydrogens is 408 g/mol. The van der Waals surface area contributed by atoms with Crippen molar-refractivity contribution >= 4 is 23.6 Å². The van der Waals surface area contributed by atoms with Crippen molar-refractivity contribution in [2.75, 3.05) is 39.5 Å². The lowest BCUT2D eigenvalue weighted by molar-refractivity contribution is -0.166. The summed E-state index contributed by atoms with van der Waals surface area (Å²) in [6, 6.07) is 0. The molecule has 0 aromatic carbocycles. The van der Waals surface area contributed by atoms with Gasteiger partial charge in [-0.15, -0.1) is 0 Å². The van der Waals surface area contributed by atoms with Crippen LogP contribution in [0.15, 0.2) is 12.2 Å². The summed E-state index contributed by atoms with van der Waals surface area (Å²) in [5, 5.41) is 0. The number of carbonyl (C=O) groups excluding carboxylic acids is 4. The van der Waals surface area contributed by atoms with Crippen LogP contribution in [0, 0.1) is 47.3 Å². The Morgan fingerprint density at radius 1 is 0.594 bits per heavy atom. The number of likely N-dealkylation sites (tertiary alicyclic amines) is 2. The molecule has 8 nitrogen and oxygen atoms in total. The number of fused-ring (bicyclic) bond motifs is 1. The second-order valence-corrected chi connectivity index (χ2v) is 9.90. The molecule has 2 aliphatic heterocycles. The van der Waals surface area contributed by atoms with Crippen molar-refractivity contribution in [3.8, 4) is 0 Å². The van der Waals surface area contributed by atoms with E-state index in [0.29, 0.717) is 13.3 Å². The van der Waals surface area contributed by atoms with Gasteiger partial charge in [0.05, 0.1) is 37.0 Å². The van der Waals surface area contributed by atoms with Crippen molar-refractivity contribution in [2.45, 2.75) is 27.7 Å². The third-order valence-electron chi connectivity index (χ3n) is 9.00. The van der Waals surface area contributed by atoms with Gasteiger partial charge in [-0.1, -0.05) is 39.8 Å². The summed E-state index contributed by atoms with van der Waals surface area (Å²) in [6.45, 7) is 11.9. The van der Waals surface area contributed by atoms with Crippen LogP contribution in [0.2, 0.25) is 0 Å². The maximum Gasteiger partial charge on any atom is 0.234 e. The average Bonchev–Trinajstić information content (AvgIpc) is 3.15. The predicted octanol–water partition coefficient (Wildman–Crippen LogP) is 0.849. The van der Waals surface area contributed by atoms with E-state index in [9.17, 15) is 19.2 Å². The number of nitrogens with zero attached hydrogens (tertiary/aromatic N) is 4. The second-order valence-electron chi connectivity index (χ2n) is 9.90. The predicted molar refractivity (Wildman–Crippen MR) is 116 cm³/mol. The molecule has 2 bridgehead atoms. The number of rotatable bonds is 8. The second kappa shape index (κ2) is 7.76. The van der Waals surface area contributed by atoms with E-state index in [1.54, 1.807) is 0 Å². The van der Waals surface area contributed by atoms with E-state index >= 15 is 0 Å². The maximum atomic E-state index is 13.4. The number of hydrogen-bond acceptors (Lipinski definition) is 6. The Kier molecular flexibility index (Phi) is 5.28. The highest BCUT2D eigenvalue weighted by atomic mass is 16.2. The lowest BCUT2D eigenvalue weighted by atomic mass is 9.40. The first-order chi connectivity index (χ1) is 15.4. The fraction of sp³-hybridized carbons (Fsp3) is 0.750. The first kappa shape index (κ1) is 21.8. The first-order valence-corrected chi connectivity index (χ1v) is 12.2. The molecule has 2 saturated heterocycles. The number of allylic oxidation sites excluding steroid dienone is 2. The van der Waals surface area contributed by atoms with Crippen molar-refractivity contribution in [2.24, 2.45) is 47.3 Å². The zero-order valence-electron chi connectivity index (χ0n) is 19.4. The van der Waals surface area contributed by atoms with Gasteiger partial charge in [0.1, 0.15) is 0 Å². The fourth-order valence-corrected chi connectivity index (χ4v) is 7.25. The highest BCUT2D eigenvalue weighted by Crippen LogP contribution is 2.68. The maximum absolute atomic E-state index is 13.4. The normalized spacial score (nSPS) is 39.3. The molecule has 4 fully saturated rings. The summed E-state index contributed by atoms with van der Waals surface area (Å²) in [7, 11) is 0. The van der Waals surface area contributed by atoms with Gasteiger partial charge in [0.2, 0.25) is 23.6 Å². The van der Waals surface area contributed by atoms with Gasteiger partial charge in [-0.3, -0.25) is 38.8 Å². The summed E-state index contributed by atoms with van der Waals surface area (Å²) in [4.78, 5) is 60.4. The Hall–Kier alpha value is -2.06. The lowest BCUT2D eigenvalue weighted by Crippen LogP contribution is -2.63. The highest BCUT2D eigenvalue weighted by Gasteiger charge is 2.75. The highest BCUT2D eigenvalue weighted by molar-refractivity contribution is 6.09. The molecule has 0 N–H and O–H groups in total. The van der Waals surface area contributed by atoms with E-state index in [0.717, 1.165) is 26.2 Å². The Morgan fingerprint density at radius 2 is 0.906 bits per heavy atom. The molecule has 2 heterocycles. The van der Waals surface area contributed by atoms with E-state index in [1.807, 2.05) is 27.7 Å². The molecule has 0 radical (unpaired) electrons. The molecule has 4 aliphatic carbocycles. The van der Waals surface area contributed by atoms with Crippen molar-refractivity contribution in [3.05, 3.63) is 12.2 Å². The smallest absolute Gasteiger partial charge is 0.234 e. The van der Waals surface area contributed by atoms with Crippen molar-refractivity contribution in [1.29, 1.82) is 0 Å². The van der Waals surface area contributed by atoms with Crippen LogP contribution in [0.25, 0.3) is 0 Å². The quantitative estimate of drug-likeness (QED) is 0.410. The van der Waals surface area contributed by atoms with E-state index in [-0.39, 0.29) is 71.0 Å². The lowest BCUT2D eigenvalue weighted by Gasteiger charge is -2.60. The largest absolute Gasteiger partial charge is 0.286 e. The Bertz CT molecular complexity index is 823. The van der Waals surface area contributed by atoms with Crippen molar-refractivity contribution in [1.82, 2.24) is 19.6 Å². The van der Waals surface area contributed by atoms with E-state index < -0.39 is 0 Å². The molecule has 2 saturated carbocycles. The van der Waals surface area contributed by atoms with E-state index in [1.165, 1.54) is 9.80 Å². The van der Waals surface area contributed by atoms with Crippen LogP contribution >= 0.6 is 0 Å². The molecule has 8 atom stereocenters. The van der Waals surface area contributed by atoms with Gasteiger partial charge >= 0.3 is 0 Å². The van der Waals surface area contributed by atoms with Crippen molar-refractivity contribution in [3.63, 3.8) is 0 Å². The van der Waals surface area contributed by atoms with Gasteiger partial charge in [-0.05, 0) is 49.9 Å².